The molecule has 0 bridgehead atoms. The number of aryl methyl sites for hydroxylation is 2. The van der Waals surface area contributed by atoms with Gasteiger partial charge in [0.1, 0.15) is 0 Å². The minimum atomic E-state index is -3.69. The summed E-state index contributed by atoms with van der Waals surface area (Å²) < 4.78 is 42.6. The van der Waals surface area contributed by atoms with Crippen molar-refractivity contribution in [3.8, 4) is 11.5 Å². The topological polar surface area (TPSA) is 91.2 Å². The van der Waals surface area contributed by atoms with E-state index in [1.165, 1.54) is 17.8 Å². The Morgan fingerprint density at radius 2 is 1.89 bits per heavy atom. The van der Waals surface area contributed by atoms with Gasteiger partial charge in [-0.1, -0.05) is 26.8 Å². The number of nitrogens with zero attached hydrogens (tertiary/aromatic N) is 4. The molecule has 1 atom stereocenters. The molecule has 1 N–H and O–H groups in total. The summed E-state index contributed by atoms with van der Waals surface area (Å²) in [5.74, 6) is 0.520. The van der Waals surface area contributed by atoms with Crippen LogP contribution >= 0.6 is 8.51 Å². The van der Waals surface area contributed by atoms with E-state index in [0.717, 1.165) is 23.3 Å². The molecule has 1 unspecified atom stereocenters. The predicted octanol–water partition coefficient (Wildman–Crippen LogP) is 5.39. The summed E-state index contributed by atoms with van der Waals surface area (Å²) in [7, 11) is 0.166. The number of ether oxygens (including phenoxy) is 2. The predicted molar refractivity (Wildman–Crippen MR) is 136 cm³/mol. The molecule has 2 aromatic carbocycles. The molecule has 0 saturated heterocycles. The second-order valence-corrected chi connectivity index (χ2v) is 11.3. The van der Waals surface area contributed by atoms with E-state index >= 15 is 0 Å². The number of benzene rings is 2. The summed E-state index contributed by atoms with van der Waals surface area (Å²) in [4.78, 5) is 17.3. The highest BCUT2D eigenvalue weighted by molar-refractivity contribution is 7.20. The minimum Gasteiger partial charge on any atom is -0.395 e. The van der Waals surface area contributed by atoms with Gasteiger partial charge in [-0.15, -0.1) is 18.7 Å². The van der Waals surface area contributed by atoms with Gasteiger partial charge in [-0.25, -0.2) is 4.75 Å². The molecule has 37 heavy (non-hydrogen) atoms. The maximum absolute atomic E-state index is 13.4. The van der Waals surface area contributed by atoms with E-state index in [-0.39, 0.29) is 31.3 Å². The van der Waals surface area contributed by atoms with Crippen molar-refractivity contribution in [3.05, 3.63) is 59.5 Å². The maximum atomic E-state index is 13.4. The minimum absolute atomic E-state index is 0.0296. The van der Waals surface area contributed by atoms with Gasteiger partial charge in [0.25, 0.3) is 0 Å². The molecule has 0 radical (unpaired) electrons. The van der Waals surface area contributed by atoms with Crippen molar-refractivity contribution in [1.82, 2.24) is 19.3 Å². The molecule has 1 amide bonds. The first-order chi connectivity index (χ1) is 17.5. The van der Waals surface area contributed by atoms with Crippen molar-refractivity contribution in [3.63, 3.8) is 0 Å². The van der Waals surface area contributed by atoms with Gasteiger partial charge in [-0.3, -0.25) is 4.79 Å². The monoisotopic (exact) mass is 525 g/mol. The number of hydrogen-bond donors (Lipinski definition) is 1. The van der Waals surface area contributed by atoms with Crippen molar-refractivity contribution in [2.24, 2.45) is 0 Å². The number of rotatable bonds is 6. The van der Waals surface area contributed by atoms with Crippen molar-refractivity contribution in [2.75, 3.05) is 5.32 Å². The lowest BCUT2D eigenvalue weighted by molar-refractivity contribution is -0.286. The van der Waals surface area contributed by atoms with Crippen molar-refractivity contribution < 1.29 is 23.0 Å². The van der Waals surface area contributed by atoms with Gasteiger partial charge >= 0.3 is 6.29 Å². The number of anilines is 1. The van der Waals surface area contributed by atoms with Crippen molar-refractivity contribution in [2.45, 2.75) is 63.7 Å². The quantitative estimate of drug-likeness (QED) is 0.363. The lowest BCUT2D eigenvalue weighted by Crippen LogP contribution is -2.27. The Kier molecular flexibility index (Phi) is 5.32. The Morgan fingerprint density at radius 1 is 1.11 bits per heavy atom. The lowest BCUT2D eigenvalue weighted by Gasteiger charge is -2.22. The number of carbonyl (C=O) groups excluding carboxylic acids is 1. The van der Waals surface area contributed by atoms with E-state index in [2.05, 4.69) is 60.9 Å². The van der Waals surface area contributed by atoms with E-state index in [1.54, 1.807) is 6.07 Å². The number of fused-ring (bicyclic) bond motifs is 2. The highest BCUT2D eigenvalue weighted by Gasteiger charge is 2.52. The smallest absolute Gasteiger partial charge is 0.395 e. The van der Waals surface area contributed by atoms with Crippen molar-refractivity contribution >= 4 is 31.0 Å². The fraction of sp³-hybridized carbons (Fsp3) is 0.385. The molecule has 192 valence electrons. The summed E-state index contributed by atoms with van der Waals surface area (Å²) >= 11 is 0. The highest BCUT2D eigenvalue weighted by Crippen LogP contribution is 2.52. The van der Waals surface area contributed by atoms with Gasteiger partial charge in [-0.2, -0.15) is 0 Å². The van der Waals surface area contributed by atoms with E-state index in [4.69, 9.17) is 0 Å². The number of halogens is 2. The molecular formula is C26H26F2N5O3P. The zero-order chi connectivity index (χ0) is 26.0. The summed E-state index contributed by atoms with van der Waals surface area (Å²) in [6.45, 7) is 7.25. The SMILES string of the molecule is CC(C)(C)c1cc2cc(NC(=O)C3(c4ccc5c(c4)OC(F)(F)O5)CC3)ccc2n1CCc1nn[pH]n1. The Morgan fingerprint density at radius 3 is 2.59 bits per heavy atom. The van der Waals surface area contributed by atoms with Gasteiger partial charge in [-0.05, 0) is 54.8 Å². The first kappa shape index (κ1) is 23.9. The first-order valence-corrected chi connectivity index (χ1v) is 13.0. The number of aromatic nitrogens is 4. The number of alkyl halides is 2. The van der Waals surface area contributed by atoms with Gasteiger partial charge < -0.3 is 19.4 Å². The molecule has 1 aliphatic carbocycles. The van der Waals surface area contributed by atoms with Crippen LogP contribution in [-0.2, 0) is 28.6 Å². The zero-order valence-electron chi connectivity index (χ0n) is 20.6. The van der Waals surface area contributed by atoms with E-state index < -0.39 is 11.7 Å². The molecule has 1 saturated carbocycles. The molecule has 0 spiro atoms. The molecule has 1 fully saturated rings. The van der Waals surface area contributed by atoms with Crippen LogP contribution in [-0.4, -0.2) is 31.5 Å². The molecule has 1 aliphatic heterocycles. The molecule has 6 rings (SSSR count). The molecule has 2 aromatic heterocycles. The van der Waals surface area contributed by atoms with Crippen LogP contribution in [0.2, 0.25) is 0 Å². The second kappa shape index (κ2) is 8.25. The van der Waals surface area contributed by atoms with E-state index in [1.807, 2.05) is 18.2 Å². The summed E-state index contributed by atoms with van der Waals surface area (Å²) in [6, 6.07) is 12.6. The van der Waals surface area contributed by atoms with Gasteiger partial charge in [0.15, 0.2) is 17.3 Å². The Hall–Kier alpha value is -3.52. The third kappa shape index (κ3) is 4.33. The van der Waals surface area contributed by atoms with E-state index in [9.17, 15) is 13.6 Å². The number of nitrogens with one attached hydrogen (secondary N) is 1. The molecule has 8 nitrogen and oxygen atoms in total. The fourth-order valence-electron chi connectivity index (χ4n) is 4.98. The highest BCUT2D eigenvalue weighted by atomic mass is 31.1. The Bertz CT molecular complexity index is 1510. The van der Waals surface area contributed by atoms with Gasteiger partial charge in [0, 0.05) is 40.7 Å². The Balaban J connectivity index is 1.26. The van der Waals surface area contributed by atoms with Crippen LogP contribution in [0.25, 0.3) is 10.9 Å². The number of carbonyl (C=O) groups is 1. The van der Waals surface area contributed by atoms with Crippen LogP contribution in [0.5, 0.6) is 11.5 Å². The normalized spacial score (nSPS) is 17.4. The van der Waals surface area contributed by atoms with Crippen LogP contribution in [0.1, 0.15) is 50.7 Å². The Labute approximate surface area is 213 Å². The third-order valence-corrected chi connectivity index (χ3v) is 7.56. The van der Waals surface area contributed by atoms with Gasteiger partial charge in [0.2, 0.25) is 5.91 Å². The van der Waals surface area contributed by atoms with Crippen molar-refractivity contribution in [1.29, 1.82) is 0 Å². The van der Waals surface area contributed by atoms with E-state index in [0.29, 0.717) is 30.5 Å². The maximum Gasteiger partial charge on any atom is 0.586 e. The molecule has 2 aliphatic rings. The van der Waals surface area contributed by atoms with Crippen LogP contribution in [0.3, 0.4) is 0 Å². The molecule has 4 aromatic rings. The van der Waals surface area contributed by atoms with Crippen LogP contribution in [0, 0.1) is 0 Å². The standard InChI is InChI=1S/C26H26F2N5O3P/c1-24(2,3)21-13-15-12-17(5-6-18(15)33(21)11-8-22-30-32-37-31-22)29-23(34)25(9-10-25)16-4-7-19-20(14-16)36-26(27,28)35-19/h4-7,12-14,37H,8-11H2,1-3H3,(H,29,34). The molecule has 3 heterocycles. The second-order valence-electron chi connectivity index (χ2n) is 10.6. The lowest BCUT2D eigenvalue weighted by atomic mass is 9.92. The first-order valence-electron chi connectivity index (χ1n) is 12.1. The van der Waals surface area contributed by atoms with Crippen LogP contribution in [0.4, 0.5) is 14.5 Å². The fourth-order valence-corrected chi connectivity index (χ4v) is 5.46. The average molecular weight is 525 g/mol. The number of hydrogen-bond acceptors (Lipinski definition) is 6. The summed E-state index contributed by atoms with van der Waals surface area (Å²) in [6.07, 6.45) is -1.73. The zero-order valence-corrected chi connectivity index (χ0v) is 21.6. The van der Waals surface area contributed by atoms with Crippen LogP contribution < -0.4 is 14.8 Å². The molecular weight excluding hydrogens is 499 g/mol. The summed E-state index contributed by atoms with van der Waals surface area (Å²) in [5, 5.41) is 8.18. The number of amides is 1. The summed E-state index contributed by atoms with van der Waals surface area (Å²) in [5.41, 5.74) is 2.71. The average Bonchev–Trinajstić information content (AvgIpc) is 3.16. The largest absolute Gasteiger partial charge is 0.586 e. The van der Waals surface area contributed by atoms with Crippen LogP contribution in [0.15, 0.2) is 42.5 Å². The molecule has 11 heteroatoms. The van der Waals surface area contributed by atoms with Gasteiger partial charge in [0.05, 0.1) is 13.9 Å². The third-order valence-electron chi connectivity index (χ3n) is 7.01.